The van der Waals surface area contributed by atoms with Crippen LogP contribution in [0.4, 0.5) is 10.5 Å². The highest BCUT2D eigenvalue weighted by Crippen LogP contribution is 2.12. The molecule has 0 unspecified atom stereocenters. The molecular formula is C19H24N4O2. The van der Waals surface area contributed by atoms with Crippen molar-refractivity contribution in [3.05, 3.63) is 59.9 Å². The molecule has 1 aromatic heterocycles. The van der Waals surface area contributed by atoms with Crippen molar-refractivity contribution >= 4 is 17.6 Å². The van der Waals surface area contributed by atoms with Crippen molar-refractivity contribution in [2.24, 2.45) is 0 Å². The molecule has 2 rings (SSSR count). The molecule has 0 spiro atoms. The number of urea groups is 1. The number of anilines is 1. The second-order valence-electron chi connectivity index (χ2n) is 5.97. The van der Waals surface area contributed by atoms with Gasteiger partial charge < -0.3 is 15.5 Å². The van der Waals surface area contributed by atoms with E-state index in [9.17, 15) is 9.59 Å². The van der Waals surface area contributed by atoms with Crippen LogP contribution in [-0.4, -0.2) is 42.5 Å². The third-order valence-corrected chi connectivity index (χ3v) is 3.76. The molecule has 3 amide bonds. The number of pyridine rings is 1. The first-order chi connectivity index (χ1) is 12.0. The van der Waals surface area contributed by atoms with Gasteiger partial charge in [0.25, 0.3) is 0 Å². The van der Waals surface area contributed by atoms with E-state index in [0.29, 0.717) is 19.4 Å². The molecule has 0 aliphatic heterocycles. The molecule has 0 radical (unpaired) electrons. The van der Waals surface area contributed by atoms with Crippen LogP contribution < -0.4 is 10.6 Å². The summed E-state index contributed by atoms with van der Waals surface area (Å²) in [6.07, 6.45) is 5.33. The highest BCUT2D eigenvalue weighted by Gasteiger charge is 2.06. The summed E-state index contributed by atoms with van der Waals surface area (Å²) in [5, 5.41) is 5.65. The number of amides is 3. The summed E-state index contributed by atoms with van der Waals surface area (Å²) in [5.74, 6) is 0.0900. The van der Waals surface area contributed by atoms with E-state index in [-0.39, 0.29) is 11.9 Å². The summed E-state index contributed by atoms with van der Waals surface area (Å²) >= 11 is 0. The highest BCUT2D eigenvalue weighted by molar-refractivity contribution is 5.89. The third kappa shape index (κ3) is 6.63. The van der Waals surface area contributed by atoms with Gasteiger partial charge in [0.15, 0.2) is 0 Å². The number of carbonyl (C=O) groups is 2. The molecule has 0 saturated heterocycles. The normalized spacial score (nSPS) is 10.2. The Labute approximate surface area is 148 Å². The Morgan fingerprint density at radius 1 is 1.04 bits per heavy atom. The van der Waals surface area contributed by atoms with E-state index < -0.39 is 0 Å². The van der Waals surface area contributed by atoms with Gasteiger partial charge in [0.1, 0.15) is 0 Å². The summed E-state index contributed by atoms with van der Waals surface area (Å²) < 4.78 is 0. The minimum absolute atomic E-state index is 0.0900. The summed E-state index contributed by atoms with van der Waals surface area (Å²) in [4.78, 5) is 29.2. The monoisotopic (exact) mass is 340 g/mol. The van der Waals surface area contributed by atoms with Crippen LogP contribution in [-0.2, 0) is 17.6 Å². The van der Waals surface area contributed by atoms with Crippen LogP contribution in [0.2, 0.25) is 0 Å². The first-order valence-electron chi connectivity index (χ1n) is 8.27. The fourth-order valence-electron chi connectivity index (χ4n) is 2.32. The molecule has 0 fully saturated rings. The number of hydrogen-bond acceptors (Lipinski definition) is 3. The molecule has 0 bridgehead atoms. The summed E-state index contributed by atoms with van der Waals surface area (Å²) in [7, 11) is 3.49. The molecule has 0 aliphatic carbocycles. The highest BCUT2D eigenvalue weighted by atomic mass is 16.2. The maximum atomic E-state index is 12.0. The van der Waals surface area contributed by atoms with Gasteiger partial charge in [0.2, 0.25) is 5.91 Å². The van der Waals surface area contributed by atoms with Gasteiger partial charge in [-0.3, -0.25) is 9.78 Å². The smallest absolute Gasteiger partial charge is 0.319 e. The number of benzene rings is 1. The molecule has 132 valence electrons. The van der Waals surface area contributed by atoms with Crippen LogP contribution in [0, 0.1) is 0 Å². The molecule has 0 aliphatic rings. The first kappa shape index (κ1) is 18.4. The van der Waals surface area contributed by atoms with Gasteiger partial charge in [-0.2, -0.15) is 0 Å². The van der Waals surface area contributed by atoms with Crippen molar-refractivity contribution in [1.82, 2.24) is 15.2 Å². The summed E-state index contributed by atoms with van der Waals surface area (Å²) in [6.45, 7) is 0.548. The predicted molar refractivity (Wildman–Crippen MR) is 98.4 cm³/mol. The lowest BCUT2D eigenvalue weighted by atomic mass is 10.1. The van der Waals surface area contributed by atoms with Crippen LogP contribution in [0.25, 0.3) is 0 Å². The Balaban J connectivity index is 1.78. The van der Waals surface area contributed by atoms with Crippen molar-refractivity contribution in [3.63, 3.8) is 0 Å². The number of rotatable bonds is 7. The Kier molecular flexibility index (Phi) is 6.95. The Morgan fingerprint density at radius 3 is 2.52 bits per heavy atom. The zero-order chi connectivity index (χ0) is 18.1. The maximum Gasteiger partial charge on any atom is 0.319 e. The zero-order valence-corrected chi connectivity index (χ0v) is 14.7. The Bertz CT molecular complexity index is 702. The van der Waals surface area contributed by atoms with Crippen LogP contribution in [0.3, 0.4) is 0 Å². The Hall–Kier alpha value is -2.89. The van der Waals surface area contributed by atoms with E-state index >= 15 is 0 Å². The van der Waals surface area contributed by atoms with Gasteiger partial charge in [-0.15, -0.1) is 0 Å². The fourth-order valence-corrected chi connectivity index (χ4v) is 2.32. The summed E-state index contributed by atoms with van der Waals surface area (Å²) in [6, 6.07) is 11.2. The number of hydrogen-bond donors (Lipinski definition) is 2. The van der Waals surface area contributed by atoms with Gasteiger partial charge in [0.05, 0.1) is 0 Å². The molecule has 6 nitrogen and oxygen atoms in total. The van der Waals surface area contributed by atoms with E-state index in [1.165, 1.54) is 0 Å². The van der Waals surface area contributed by atoms with E-state index in [4.69, 9.17) is 0 Å². The number of aromatic nitrogens is 1. The predicted octanol–water partition coefficient (Wildman–Crippen LogP) is 2.47. The molecule has 1 aromatic carbocycles. The van der Waals surface area contributed by atoms with E-state index in [0.717, 1.165) is 23.2 Å². The number of carbonyl (C=O) groups excluding carboxylic acids is 2. The van der Waals surface area contributed by atoms with Crippen LogP contribution in [0.1, 0.15) is 17.5 Å². The van der Waals surface area contributed by atoms with Gasteiger partial charge in [-0.05, 0) is 48.2 Å². The maximum absolute atomic E-state index is 12.0. The van der Waals surface area contributed by atoms with Crippen LogP contribution in [0.15, 0.2) is 48.8 Å². The van der Waals surface area contributed by atoms with Crippen molar-refractivity contribution in [1.29, 1.82) is 0 Å². The fraction of sp³-hybridized carbons (Fsp3) is 0.316. The van der Waals surface area contributed by atoms with Gasteiger partial charge in [-0.25, -0.2) is 4.79 Å². The molecular weight excluding hydrogens is 316 g/mol. The molecule has 0 atom stereocenters. The van der Waals surface area contributed by atoms with E-state index in [2.05, 4.69) is 15.6 Å². The third-order valence-electron chi connectivity index (χ3n) is 3.76. The molecule has 0 saturated carbocycles. The molecule has 25 heavy (non-hydrogen) atoms. The quantitative estimate of drug-likeness (QED) is 0.813. The molecule has 2 N–H and O–H groups in total. The van der Waals surface area contributed by atoms with Gasteiger partial charge in [0, 0.05) is 45.1 Å². The van der Waals surface area contributed by atoms with E-state index in [1.807, 2.05) is 36.4 Å². The second kappa shape index (κ2) is 9.42. The molecule has 6 heteroatoms. The summed E-state index contributed by atoms with van der Waals surface area (Å²) in [5.41, 5.74) is 2.86. The first-order valence-corrected chi connectivity index (χ1v) is 8.27. The minimum Gasteiger partial charge on any atom is -0.349 e. The van der Waals surface area contributed by atoms with Crippen LogP contribution in [0.5, 0.6) is 0 Å². The average molecular weight is 340 g/mol. The topological polar surface area (TPSA) is 74.3 Å². The van der Waals surface area contributed by atoms with E-state index in [1.54, 1.807) is 31.4 Å². The van der Waals surface area contributed by atoms with Gasteiger partial charge >= 0.3 is 6.03 Å². The SMILES string of the molecule is CN(C)C(=O)CCc1cccc(NC(=O)NCCc2ccncc2)c1. The van der Waals surface area contributed by atoms with Crippen LogP contribution >= 0.6 is 0 Å². The lowest BCUT2D eigenvalue weighted by Crippen LogP contribution is -2.30. The standard InChI is InChI=1S/C19H24N4O2/c1-23(2)18(24)7-6-16-4-3-5-17(14-16)22-19(25)21-13-10-15-8-11-20-12-9-15/h3-5,8-9,11-12,14H,6-7,10,13H2,1-2H3,(H2,21,22,25). The lowest BCUT2D eigenvalue weighted by Gasteiger charge is -2.11. The van der Waals surface area contributed by atoms with Gasteiger partial charge in [-0.1, -0.05) is 12.1 Å². The lowest BCUT2D eigenvalue weighted by molar-refractivity contribution is -0.128. The Morgan fingerprint density at radius 2 is 1.80 bits per heavy atom. The average Bonchev–Trinajstić information content (AvgIpc) is 2.60. The zero-order valence-electron chi connectivity index (χ0n) is 14.7. The molecule has 1 heterocycles. The minimum atomic E-state index is -0.240. The van der Waals surface area contributed by atoms with Crippen molar-refractivity contribution in [2.45, 2.75) is 19.3 Å². The van der Waals surface area contributed by atoms with Crippen molar-refractivity contribution < 1.29 is 9.59 Å². The van der Waals surface area contributed by atoms with Crippen molar-refractivity contribution in [3.8, 4) is 0 Å². The largest absolute Gasteiger partial charge is 0.349 e. The number of aryl methyl sites for hydroxylation is 1. The number of nitrogens with zero attached hydrogens (tertiary/aromatic N) is 2. The van der Waals surface area contributed by atoms with Crippen molar-refractivity contribution in [2.75, 3.05) is 26.0 Å². The second-order valence-corrected chi connectivity index (χ2v) is 5.97. The number of nitrogens with one attached hydrogen (secondary N) is 2. The molecule has 2 aromatic rings.